The van der Waals surface area contributed by atoms with Gasteiger partial charge in [0.25, 0.3) is 0 Å². The third-order valence-electron chi connectivity index (χ3n) is 2.05. The lowest BCUT2D eigenvalue weighted by Crippen LogP contribution is -2.29. The summed E-state index contributed by atoms with van der Waals surface area (Å²) in [6.07, 6.45) is 6.17. The summed E-state index contributed by atoms with van der Waals surface area (Å²) >= 11 is 0. The predicted molar refractivity (Wildman–Crippen MR) is 53.3 cm³/mol. The fourth-order valence-electron chi connectivity index (χ4n) is 1.25. The van der Waals surface area contributed by atoms with Crippen LogP contribution in [0, 0.1) is 0 Å². The highest BCUT2D eigenvalue weighted by atomic mass is 16.3. The summed E-state index contributed by atoms with van der Waals surface area (Å²) in [5, 5.41) is 2.77. The molecule has 15 heavy (non-hydrogen) atoms. The predicted octanol–water partition coefficient (Wildman–Crippen LogP) is 1.79. The number of nitrogens with one attached hydrogen (secondary N) is 1. The Bertz CT molecular complexity index is 419. The molecular formula is C10H11N3O2. The molecule has 0 spiro atoms. The second-order valence-electron chi connectivity index (χ2n) is 3.16. The summed E-state index contributed by atoms with van der Waals surface area (Å²) in [5.41, 5.74) is 0. The van der Waals surface area contributed by atoms with Crippen LogP contribution < -0.4 is 5.32 Å². The maximum Gasteiger partial charge on any atom is 0.327 e. The highest BCUT2D eigenvalue weighted by Crippen LogP contribution is 2.11. The molecule has 2 aromatic heterocycles. The molecule has 1 N–H and O–H groups in total. The van der Waals surface area contributed by atoms with E-state index in [1.807, 2.05) is 13.0 Å². The van der Waals surface area contributed by atoms with Crippen molar-refractivity contribution in [1.82, 2.24) is 14.9 Å². The molecule has 0 aliphatic heterocycles. The Labute approximate surface area is 86.7 Å². The van der Waals surface area contributed by atoms with Crippen LogP contribution in [-0.4, -0.2) is 15.6 Å². The minimum Gasteiger partial charge on any atom is -0.467 e. The average molecular weight is 205 g/mol. The number of nitrogens with zero attached hydrogens (tertiary/aromatic N) is 2. The highest BCUT2D eigenvalue weighted by Gasteiger charge is 2.12. The van der Waals surface area contributed by atoms with Crippen LogP contribution >= 0.6 is 0 Å². The van der Waals surface area contributed by atoms with Gasteiger partial charge in [-0.25, -0.2) is 9.78 Å². The van der Waals surface area contributed by atoms with Gasteiger partial charge >= 0.3 is 6.03 Å². The first kappa shape index (κ1) is 9.51. The zero-order chi connectivity index (χ0) is 10.7. The van der Waals surface area contributed by atoms with E-state index in [9.17, 15) is 4.79 Å². The van der Waals surface area contributed by atoms with Crippen LogP contribution in [0.2, 0.25) is 0 Å². The standard InChI is InChI=1S/C10H11N3O2/c1-8(9-3-2-6-15-9)12-10(14)13-5-4-11-7-13/h2-8H,1H3,(H,12,14)/t8-/m1/s1. The number of amides is 1. The molecule has 0 unspecified atom stereocenters. The van der Waals surface area contributed by atoms with Gasteiger partial charge in [0.15, 0.2) is 0 Å². The minimum absolute atomic E-state index is 0.158. The number of hydrogen-bond donors (Lipinski definition) is 1. The number of carbonyl (C=O) groups excluding carboxylic acids is 1. The maximum absolute atomic E-state index is 11.6. The third-order valence-corrected chi connectivity index (χ3v) is 2.05. The Morgan fingerprint density at radius 1 is 1.67 bits per heavy atom. The molecule has 78 valence electrons. The molecule has 0 aromatic carbocycles. The van der Waals surface area contributed by atoms with Gasteiger partial charge in [-0.15, -0.1) is 0 Å². The van der Waals surface area contributed by atoms with Gasteiger partial charge in [0.1, 0.15) is 12.1 Å². The largest absolute Gasteiger partial charge is 0.467 e. The summed E-state index contributed by atoms with van der Waals surface area (Å²) in [6, 6.07) is 3.22. The summed E-state index contributed by atoms with van der Waals surface area (Å²) in [5.74, 6) is 0.725. The Morgan fingerprint density at radius 3 is 3.13 bits per heavy atom. The van der Waals surface area contributed by atoms with E-state index in [4.69, 9.17) is 4.42 Å². The van der Waals surface area contributed by atoms with Gasteiger partial charge in [0.05, 0.1) is 12.3 Å². The second-order valence-corrected chi connectivity index (χ2v) is 3.16. The lowest BCUT2D eigenvalue weighted by molar-refractivity contribution is 0.237. The van der Waals surface area contributed by atoms with Gasteiger partial charge in [-0.1, -0.05) is 0 Å². The van der Waals surface area contributed by atoms with Crippen molar-refractivity contribution in [2.24, 2.45) is 0 Å². The van der Waals surface area contributed by atoms with Crippen molar-refractivity contribution in [3.8, 4) is 0 Å². The van der Waals surface area contributed by atoms with Crippen molar-refractivity contribution < 1.29 is 9.21 Å². The minimum atomic E-state index is -0.226. The Morgan fingerprint density at radius 2 is 2.53 bits per heavy atom. The SMILES string of the molecule is C[C@@H](NC(=O)n1ccnc1)c1ccco1. The van der Waals surface area contributed by atoms with Crippen LogP contribution in [0.3, 0.4) is 0 Å². The third kappa shape index (κ3) is 2.07. The van der Waals surface area contributed by atoms with Gasteiger partial charge in [-0.3, -0.25) is 4.57 Å². The van der Waals surface area contributed by atoms with Crippen molar-refractivity contribution in [3.05, 3.63) is 42.9 Å². The Hall–Kier alpha value is -2.04. The number of rotatable bonds is 2. The molecule has 0 saturated heterocycles. The molecule has 2 aromatic rings. The number of aromatic nitrogens is 2. The molecule has 0 aliphatic carbocycles. The first-order valence-electron chi connectivity index (χ1n) is 4.59. The van der Waals surface area contributed by atoms with Gasteiger partial charge < -0.3 is 9.73 Å². The Balaban J connectivity index is 2.01. The molecule has 2 rings (SSSR count). The van der Waals surface area contributed by atoms with Gasteiger partial charge in [-0.2, -0.15) is 0 Å². The molecule has 2 heterocycles. The van der Waals surface area contributed by atoms with Crippen molar-refractivity contribution in [2.45, 2.75) is 13.0 Å². The maximum atomic E-state index is 11.6. The van der Waals surface area contributed by atoms with Crippen LogP contribution in [0.4, 0.5) is 4.79 Å². The molecule has 0 radical (unpaired) electrons. The molecule has 0 saturated carbocycles. The van der Waals surface area contributed by atoms with Crippen LogP contribution in [0.25, 0.3) is 0 Å². The molecule has 1 atom stereocenters. The summed E-state index contributed by atoms with van der Waals surface area (Å²) in [7, 11) is 0. The first-order chi connectivity index (χ1) is 7.27. The van der Waals surface area contributed by atoms with E-state index in [1.165, 1.54) is 10.9 Å². The fourth-order valence-corrected chi connectivity index (χ4v) is 1.25. The van der Waals surface area contributed by atoms with E-state index in [0.29, 0.717) is 0 Å². The molecule has 1 amide bonds. The monoisotopic (exact) mass is 205 g/mol. The smallest absolute Gasteiger partial charge is 0.327 e. The van der Waals surface area contributed by atoms with Crippen molar-refractivity contribution >= 4 is 6.03 Å². The van der Waals surface area contributed by atoms with E-state index >= 15 is 0 Å². The normalized spacial score (nSPS) is 12.3. The Kier molecular flexibility index (Phi) is 2.53. The van der Waals surface area contributed by atoms with Crippen LogP contribution in [-0.2, 0) is 0 Å². The van der Waals surface area contributed by atoms with E-state index in [1.54, 1.807) is 24.7 Å². The fraction of sp³-hybridized carbons (Fsp3) is 0.200. The summed E-state index contributed by atoms with van der Waals surface area (Å²) in [6.45, 7) is 1.85. The topological polar surface area (TPSA) is 60.1 Å². The van der Waals surface area contributed by atoms with Gasteiger partial charge in [0.2, 0.25) is 0 Å². The van der Waals surface area contributed by atoms with Gasteiger partial charge in [-0.05, 0) is 19.1 Å². The number of carbonyl (C=O) groups is 1. The zero-order valence-corrected chi connectivity index (χ0v) is 8.25. The molecule has 5 heteroatoms. The summed E-state index contributed by atoms with van der Waals surface area (Å²) < 4.78 is 6.55. The van der Waals surface area contributed by atoms with Crippen molar-refractivity contribution in [2.75, 3.05) is 0 Å². The number of hydrogen-bond acceptors (Lipinski definition) is 3. The average Bonchev–Trinajstić information content (AvgIpc) is 2.91. The van der Waals surface area contributed by atoms with E-state index in [2.05, 4.69) is 10.3 Å². The van der Waals surface area contributed by atoms with Crippen LogP contribution in [0.1, 0.15) is 18.7 Å². The number of furan rings is 1. The lowest BCUT2D eigenvalue weighted by Gasteiger charge is -2.10. The quantitative estimate of drug-likeness (QED) is 0.813. The molecule has 0 bridgehead atoms. The highest BCUT2D eigenvalue weighted by molar-refractivity contribution is 5.76. The first-order valence-corrected chi connectivity index (χ1v) is 4.59. The van der Waals surface area contributed by atoms with E-state index in [-0.39, 0.29) is 12.1 Å². The van der Waals surface area contributed by atoms with E-state index < -0.39 is 0 Å². The summed E-state index contributed by atoms with van der Waals surface area (Å²) in [4.78, 5) is 15.4. The molecule has 5 nitrogen and oxygen atoms in total. The van der Waals surface area contributed by atoms with Gasteiger partial charge in [0, 0.05) is 12.4 Å². The molecular weight excluding hydrogens is 194 g/mol. The lowest BCUT2D eigenvalue weighted by atomic mass is 10.2. The number of imidazole rings is 1. The van der Waals surface area contributed by atoms with Crippen LogP contribution in [0.15, 0.2) is 41.5 Å². The molecule has 0 aliphatic rings. The van der Waals surface area contributed by atoms with Crippen LogP contribution in [0.5, 0.6) is 0 Å². The second kappa shape index (κ2) is 4.00. The van der Waals surface area contributed by atoms with E-state index in [0.717, 1.165) is 5.76 Å². The zero-order valence-electron chi connectivity index (χ0n) is 8.25. The van der Waals surface area contributed by atoms with Crippen molar-refractivity contribution in [3.63, 3.8) is 0 Å². The van der Waals surface area contributed by atoms with Crippen molar-refractivity contribution in [1.29, 1.82) is 0 Å². The molecule has 0 fully saturated rings.